The summed E-state index contributed by atoms with van der Waals surface area (Å²) < 4.78 is 0. The first kappa shape index (κ1) is 26.2. The molecular weight excluding hydrogens is 567 g/mol. The average Bonchev–Trinajstić information content (AvgIpc) is 3.45. The molecule has 1 aliphatic carbocycles. The highest BCUT2D eigenvalue weighted by Crippen LogP contribution is 2.58. The lowest BCUT2D eigenvalue weighted by Gasteiger charge is -2.20. The van der Waals surface area contributed by atoms with Crippen molar-refractivity contribution in [1.29, 1.82) is 0 Å². The molecule has 0 fully saturated rings. The maximum atomic E-state index is 5.11. The molecule has 0 amide bonds. The van der Waals surface area contributed by atoms with Gasteiger partial charge in [0.2, 0.25) is 0 Å². The van der Waals surface area contributed by atoms with Crippen LogP contribution in [-0.2, 0) is 0 Å². The van der Waals surface area contributed by atoms with Gasteiger partial charge in [0.25, 0.3) is 0 Å². The van der Waals surface area contributed by atoms with Gasteiger partial charge in [0.15, 0.2) is 0 Å². The molecule has 0 unspecified atom stereocenters. The number of para-hydroxylation sites is 1. The van der Waals surface area contributed by atoms with Gasteiger partial charge in [0.05, 0.1) is 11.0 Å². The molecule has 1 aliphatic rings. The average molecular weight is 596 g/mol. The summed E-state index contributed by atoms with van der Waals surface area (Å²) in [5.41, 5.74) is 16.1. The number of pyridine rings is 1. The van der Waals surface area contributed by atoms with E-state index < -0.39 is 0 Å². The molecule has 10 rings (SSSR count). The zero-order chi connectivity index (χ0) is 31.1. The number of benzene rings is 8. The van der Waals surface area contributed by atoms with Gasteiger partial charge in [-0.25, -0.2) is 4.98 Å². The van der Waals surface area contributed by atoms with Crippen molar-refractivity contribution < 1.29 is 0 Å². The van der Waals surface area contributed by atoms with Gasteiger partial charge in [-0.15, -0.1) is 0 Å². The van der Waals surface area contributed by atoms with Crippen molar-refractivity contribution in [2.75, 3.05) is 0 Å². The molecular formula is C46H29N. The number of nitrogens with zero attached hydrogens (tertiary/aromatic N) is 1. The Balaban J connectivity index is 1.39. The maximum Gasteiger partial charge on any atom is 0.0718 e. The van der Waals surface area contributed by atoms with Gasteiger partial charge < -0.3 is 0 Å². The van der Waals surface area contributed by atoms with Crippen LogP contribution in [0.5, 0.6) is 0 Å². The number of aryl methyl sites for hydroxylation is 1. The number of aromatic nitrogens is 1. The van der Waals surface area contributed by atoms with E-state index in [1.807, 2.05) is 0 Å². The number of hydrogen-bond donors (Lipinski definition) is 0. The number of rotatable bonds is 3. The Morgan fingerprint density at radius 1 is 0.340 bits per heavy atom. The molecule has 1 heteroatoms. The van der Waals surface area contributed by atoms with Gasteiger partial charge in [-0.1, -0.05) is 146 Å². The van der Waals surface area contributed by atoms with Crippen LogP contribution >= 0.6 is 0 Å². The molecule has 0 radical (unpaired) electrons. The summed E-state index contributed by atoms with van der Waals surface area (Å²) in [6.07, 6.45) is 0. The normalized spacial score (nSPS) is 11.9. The highest BCUT2D eigenvalue weighted by Gasteiger charge is 2.31. The summed E-state index contributed by atoms with van der Waals surface area (Å²) in [7, 11) is 0. The Bertz CT molecular complexity index is 2630. The lowest BCUT2D eigenvalue weighted by atomic mass is 9.82. The van der Waals surface area contributed by atoms with Crippen LogP contribution in [0.3, 0.4) is 0 Å². The molecule has 0 saturated carbocycles. The summed E-state index contributed by atoms with van der Waals surface area (Å²) in [6.45, 7) is 2.14. The van der Waals surface area contributed by atoms with Gasteiger partial charge >= 0.3 is 0 Å². The van der Waals surface area contributed by atoms with Gasteiger partial charge in [-0.05, 0) is 96.2 Å². The molecule has 8 aromatic carbocycles. The molecule has 1 nitrogen and oxygen atoms in total. The first-order chi connectivity index (χ1) is 23.3. The van der Waals surface area contributed by atoms with Gasteiger partial charge in [-0.3, -0.25) is 0 Å². The lowest BCUT2D eigenvalue weighted by Crippen LogP contribution is -1.93. The molecule has 47 heavy (non-hydrogen) atoms. The van der Waals surface area contributed by atoms with E-state index in [0.717, 1.165) is 11.0 Å². The van der Waals surface area contributed by atoms with Crippen molar-refractivity contribution in [2.24, 2.45) is 0 Å². The van der Waals surface area contributed by atoms with Crippen molar-refractivity contribution in [2.45, 2.75) is 6.92 Å². The Hall–Kier alpha value is -6.05. The largest absolute Gasteiger partial charge is 0.248 e. The second-order valence-corrected chi connectivity index (χ2v) is 12.7. The molecule has 0 saturated heterocycles. The predicted molar refractivity (Wildman–Crippen MR) is 200 cm³/mol. The fourth-order valence-electron chi connectivity index (χ4n) is 8.12. The van der Waals surface area contributed by atoms with Crippen molar-refractivity contribution in [1.82, 2.24) is 4.98 Å². The lowest BCUT2D eigenvalue weighted by molar-refractivity contribution is 1.44. The molecule has 1 aromatic heterocycles. The smallest absolute Gasteiger partial charge is 0.0718 e. The summed E-state index contributed by atoms with van der Waals surface area (Å²) >= 11 is 0. The van der Waals surface area contributed by atoms with Crippen LogP contribution in [0, 0.1) is 6.92 Å². The maximum absolute atomic E-state index is 5.11. The fourth-order valence-corrected chi connectivity index (χ4v) is 8.12. The van der Waals surface area contributed by atoms with Crippen molar-refractivity contribution >= 4 is 43.4 Å². The molecule has 1 heterocycles. The summed E-state index contributed by atoms with van der Waals surface area (Å²) in [6, 6.07) is 57.8. The molecule has 218 valence electrons. The SMILES string of the molecule is Cc1ccc2c(-c3ccc4c5c(cccc35)-c3c-4c(-c4ccccc4)c4ccccc4c3-c3ccccc3)c3ccccc3nc2c1. The number of fused-ring (bicyclic) bond motifs is 6. The minimum atomic E-state index is 1.02. The Morgan fingerprint density at radius 3 is 1.55 bits per heavy atom. The Morgan fingerprint density at radius 2 is 0.872 bits per heavy atom. The van der Waals surface area contributed by atoms with E-state index in [4.69, 9.17) is 4.98 Å². The molecule has 0 spiro atoms. The van der Waals surface area contributed by atoms with Gasteiger partial charge in [-0.2, -0.15) is 0 Å². The van der Waals surface area contributed by atoms with Gasteiger partial charge in [0, 0.05) is 16.3 Å². The minimum Gasteiger partial charge on any atom is -0.248 e. The first-order valence-corrected chi connectivity index (χ1v) is 16.3. The Labute approximate surface area is 273 Å². The third kappa shape index (κ3) is 3.74. The standard InChI is InChI=1S/C46H29N/c1-28-23-24-36-40(27-28)47-39-22-11-10-19-35(39)43(36)34-25-26-38-44-33(34)20-12-21-37(44)45-41(29-13-4-2-5-14-29)31-17-8-9-18-32(31)42(46(38)45)30-15-6-3-7-16-30/h2-27H,1H3. The first-order valence-electron chi connectivity index (χ1n) is 16.3. The summed E-state index contributed by atoms with van der Waals surface area (Å²) in [5, 5.41) is 7.53. The van der Waals surface area contributed by atoms with Gasteiger partial charge in [0.1, 0.15) is 0 Å². The van der Waals surface area contributed by atoms with Crippen molar-refractivity contribution in [3.8, 4) is 55.6 Å². The quantitative estimate of drug-likeness (QED) is 0.185. The third-order valence-electron chi connectivity index (χ3n) is 10.0. The summed E-state index contributed by atoms with van der Waals surface area (Å²) in [4.78, 5) is 5.11. The number of hydrogen-bond acceptors (Lipinski definition) is 1. The van der Waals surface area contributed by atoms with E-state index in [0.29, 0.717) is 0 Å². The highest BCUT2D eigenvalue weighted by atomic mass is 14.7. The molecule has 0 bridgehead atoms. The van der Waals surface area contributed by atoms with Crippen molar-refractivity contribution in [3.05, 3.63) is 163 Å². The second kappa shape index (κ2) is 9.97. The predicted octanol–water partition coefficient (Wildman–Crippen LogP) is 12.7. The summed E-state index contributed by atoms with van der Waals surface area (Å²) in [5.74, 6) is 0. The van der Waals surface area contributed by atoms with E-state index >= 15 is 0 Å². The molecule has 0 aliphatic heterocycles. The topological polar surface area (TPSA) is 12.9 Å². The zero-order valence-electron chi connectivity index (χ0n) is 26.0. The highest BCUT2D eigenvalue weighted by molar-refractivity contribution is 6.29. The fraction of sp³-hybridized carbons (Fsp3) is 0.0217. The monoisotopic (exact) mass is 595 g/mol. The van der Waals surface area contributed by atoms with Crippen LogP contribution in [-0.4, -0.2) is 4.98 Å². The third-order valence-corrected chi connectivity index (χ3v) is 10.0. The van der Waals surface area contributed by atoms with E-state index in [2.05, 4.69) is 165 Å². The Kier molecular flexibility index (Phi) is 5.56. The minimum absolute atomic E-state index is 1.02. The zero-order valence-corrected chi connectivity index (χ0v) is 26.0. The van der Waals surface area contributed by atoms with Crippen LogP contribution in [0.2, 0.25) is 0 Å². The molecule has 0 N–H and O–H groups in total. The van der Waals surface area contributed by atoms with E-state index in [1.54, 1.807) is 0 Å². The van der Waals surface area contributed by atoms with E-state index in [9.17, 15) is 0 Å². The van der Waals surface area contributed by atoms with Crippen LogP contribution in [0.15, 0.2) is 158 Å². The van der Waals surface area contributed by atoms with E-state index in [-0.39, 0.29) is 0 Å². The van der Waals surface area contributed by atoms with Crippen LogP contribution in [0.25, 0.3) is 99.0 Å². The van der Waals surface area contributed by atoms with Crippen LogP contribution < -0.4 is 0 Å². The van der Waals surface area contributed by atoms with Crippen LogP contribution in [0.1, 0.15) is 5.56 Å². The molecule has 0 atom stereocenters. The second-order valence-electron chi connectivity index (χ2n) is 12.7. The van der Waals surface area contributed by atoms with Crippen molar-refractivity contribution in [3.63, 3.8) is 0 Å². The van der Waals surface area contributed by atoms with Crippen LogP contribution in [0.4, 0.5) is 0 Å². The molecule has 9 aromatic rings. The van der Waals surface area contributed by atoms with E-state index in [1.165, 1.54) is 93.5 Å².